The third-order valence-corrected chi connectivity index (χ3v) is 7.75. The third kappa shape index (κ3) is 8.75. The van der Waals surface area contributed by atoms with E-state index in [4.69, 9.17) is 11.1 Å². The van der Waals surface area contributed by atoms with Crippen molar-refractivity contribution >= 4 is 78.6 Å². The maximum Gasteiger partial charge on any atom is 0.275 e. The lowest BCUT2D eigenvalue weighted by molar-refractivity contribution is 0.0902. The Balaban J connectivity index is 1.50. The van der Waals surface area contributed by atoms with E-state index < -0.39 is 17.7 Å². The summed E-state index contributed by atoms with van der Waals surface area (Å²) in [6.07, 6.45) is 1.91. The number of hydrazine groups is 1. The summed E-state index contributed by atoms with van der Waals surface area (Å²) in [5, 5.41) is 28.4. The van der Waals surface area contributed by atoms with Gasteiger partial charge in [0.05, 0.1) is 11.5 Å². The molecule has 16 nitrogen and oxygen atoms in total. The maximum atomic E-state index is 13.7. The van der Waals surface area contributed by atoms with Crippen LogP contribution in [-0.2, 0) is 21.1 Å². The number of amidine groups is 1. The monoisotopic (exact) mass is 786 g/mol. The highest BCUT2D eigenvalue weighted by Gasteiger charge is 2.27. The minimum atomic E-state index is -0.568. The summed E-state index contributed by atoms with van der Waals surface area (Å²) in [4.78, 5) is 52.7. The largest absolute Gasteiger partial charge is 0.388 e. The van der Waals surface area contributed by atoms with E-state index in [-0.39, 0.29) is 53.4 Å². The number of alkyl halides is 2. The molecule has 254 valence electrons. The van der Waals surface area contributed by atoms with Gasteiger partial charge >= 0.3 is 0 Å². The number of amides is 4. The van der Waals surface area contributed by atoms with Gasteiger partial charge in [-0.3, -0.25) is 34.0 Å². The zero-order chi connectivity index (χ0) is 35.0. The summed E-state index contributed by atoms with van der Waals surface area (Å²) >= 11 is 6.95. The van der Waals surface area contributed by atoms with E-state index in [1.165, 1.54) is 21.5 Å². The first-order chi connectivity index (χ1) is 22.9. The number of carbonyl (C=O) groups excluding carboxylic acids is 4. The summed E-state index contributed by atoms with van der Waals surface area (Å²) in [6.45, 7) is 1.26. The molecule has 0 spiro atoms. The maximum absolute atomic E-state index is 13.7. The van der Waals surface area contributed by atoms with Crippen LogP contribution >= 0.6 is 31.9 Å². The van der Waals surface area contributed by atoms with Crippen molar-refractivity contribution < 1.29 is 19.2 Å². The highest BCUT2D eigenvalue weighted by atomic mass is 79.9. The quantitative estimate of drug-likeness (QED) is 0.0524. The van der Waals surface area contributed by atoms with Crippen LogP contribution in [0.5, 0.6) is 0 Å². The number of nitrogens with one attached hydrogen (secondary N) is 4. The molecule has 3 aromatic heterocycles. The fourth-order valence-corrected chi connectivity index (χ4v) is 5.57. The second kappa shape index (κ2) is 16.3. The third-order valence-electron chi connectivity index (χ3n) is 7.04. The molecular formula is C30H36Br2N12O4. The van der Waals surface area contributed by atoms with Crippen LogP contribution in [0.25, 0.3) is 0 Å². The summed E-state index contributed by atoms with van der Waals surface area (Å²) in [5.41, 5.74) is 6.90. The molecule has 1 aromatic carbocycles. The zero-order valence-corrected chi connectivity index (χ0v) is 29.7. The van der Waals surface area contributed by atoms with Gasteiger partial charge in [-0.05, 0) is 18.2 Å². The molecule has 0 aliphatic carbocycles. The second-order valence-electron chi connectivity index (χ2n) is 10.5. The first-order valence-corrected chi connectivity index (χ1v) is 16.9. The van der Waals surface area contributed by atoms with Crippen LogP contribution in [0, 0.1) is 5.41 Å². The van der Waals surface area contributed by atoms with Gasteiger partial charge in [-0.2, -0.15) is 10.2 Å². The Bertz CT molecular complexity index is 1790. The van der Waals surface area contributed by atoms with E-state index in [0.717, 1.165) is 0 Å². The lowest BCUT2D eigenvalue weighted by Gasteiger charge is -2.33. The number of nitrogens with zero attached hydrogens (tertiary/aromatic N) is 7. The highest BCUT2D eigenvalue weighted by molar-refractivity contribution is 9.09. The van der Waals surface area contributed by atoms with Crippen molar-refractivity contribution in [2.24, 2.45) is 26.9 Å². The van der Waals surface area contributed by atoms with E-state index in [9.17, 15) is 19.2 Å². The lowest BCUT2D eigenvalue weighted by Crippen LogP contribution is -2.48. The van der Waals surface area contributed by atoms with Crippen LogP contribution in [0.15, 0.2) is 54.7 Å². The number of nitrogens with two attached hydrogens (primary N) is 1. The van der Waals surface area contributed by atoms with Crippen LogP contribution in [0.2, 0.25) is 0 Å². The molecule has 0 atom stereocenters. The van der Waals surface area contributed by atoms with Gasteiger partial charge in [-0.25, -0.2) is 10.0 Å². The Morgan fingerprint density at radius 2 is 1.38 bits per heavy atom. The van der Waals surface area contributed by atoms with E-state index >= 15 is 0 Å². The molecule has 4 amide bonds. The second-order valence-corrected chi connectivity index (χ2v) is 12.1. The summed E-state index contributed by atoms with van der Waals surface area (Å²) in [5.74, 6) is -1.55. The number of hydrogen-bond acceptors (Lipinski definition) is 8. The molecule has 0 radical (unpaired) electrons. The van der Waals surface area contributed by atoms with Gasteiger partial charge in [0.1, 0.15) is 17.1 Å². The molecule has 4 rings (SSSR count). The molecule has 6 N–H and O–H groups in total. The SMILES string of the molecule is Cn1cc(N(C(=O)c2ccccc2)N(CCBr)CCBr)cc1C(=O)Nc1cc(C(=O)Nc2cc(C(=O)NCCC(=N)N)n(C)n2)n(C)n1. The van der Waals surface area contributed by atoms with Crippen LogP contribution in [0.3, 0.4) is 0 Å². The Hall–Kier alpha value is -4.81. The lowest BCUT2D eigenvalue weighted by atomic mass is 10.2. The van der Waals surface area contributed by atoms with Gasteiger partial charge in [-0.15, -0.1) is 0 Å². The molecule has 3 heterocycles. The Morgan fingerprint density at radius 3 is 1.92 bits per heavy atom. The number of rotatable bonds is 15. The predicted octanol–water partition coefficient (Wildman–Crippen LogP) is 2.71. The molecule has 0 saturated heterocycles. The molecule has 18 heteroatoms. The van der Waals surface area contributed by atoms with Gasteiger partial charge in [0.25, 0.3) is 23.6 Å². The molecule has 48 heavy (non-hydrogen) atoms. The molecule has 0 unspecified atom stereocenters. The van der Waals surface area contributed by atoms with Crippen molar-refractivity contribution in [3.8, 4) is 0 Å². The van der Waals surface area contributed by atoms with Gasteiger partial charge in [0, 0.05) is 81.8 Å². The van der Waals surface area contributed by atoms with Crippen LogP contribution < -0.4 is 26.7 Å². The molecule has 0 fully saturated rings. The van der Waals surface area contributed by atoms with Gasteiger partial charge in [0.2, 0.25) is 0 Å². The number of halogens is 2. The molecule has 0 bridgehead atoms. The van der Waals surface area contributed by atoms with Crippen molar-refractivity contribution in [1.82, 2.24) is 34.5 Å². The van der Waals surface area contributed by atoms with Crippen molar-refractivity contribution in [2.75, 3.05) is 45.9 Å². The minimum absolute atomic E-state index is 0.0477. The van der Waals surface area contributed by atoms with Crippen LogP contribution in [0.4, 0.5) is 17.3 Å². The number of aryl methyl sites for hydroxylation is 3. The molecular weight excluding hydrogens is 752 g/mol. The van der Waals surface area contributed by atoms with E-state index in [2.05, 4.69) is 58.0 Å². The van der Waals surface area contributed by atoms with Gasteiger partial charge in [0.15, 0.2) is 11.6 Å². The minimum Gasteiger partial charge on any atom is -0.388 e. The van der Waals surface area contributed by atoms with E-state index in [1.54, 1.807) is 67.2 Å². The summed E-state index contributed by atoms with van der Waals surface area (Å²) < 4.78 is 4.23. The van der Waals surface area contributed by atoms with Gasteiger partial charge < -0.3 is 26.3 Å². The zero-order valence-electron chi connectivity index (χ0n) is 26.5. The average Bonchev–Trinajstić information content (AvgIpc) is 3.73. The van der Waals surface area contributed by atoms with Crippen molar-refractivity contribution in [1.29, 1.82) is 5.41 Å². The fourth-order valence-electron chi connectivity index (χ4n) is 4.75. The van der Waals surface area contributed by atoms with Crippen molar-refractivity contribution in [3.63, 3.8) is 0 Å². The Morgan fingerprint density at radius 1 is 0.833 bits per heavy atom. The molecule has 4 aromatic rings. The highest BCUT2D eigenvalue weighted by Crippen LogP contribution is 2.24. The summed E-state index contributed by atoms with van der Waals surface area (Å²) in [6, 6.07) is 13.4. The van der Waals surface area contributed by atoms with Gasteiger partial charge in [-0.1, -0.05) is 50.1 Å². The number of carbonyl (C=O) groups is 4. The number of anilines is 3. The van der Waals surface area contributed by atoms with E-state index in [0.29, 0.717) is 35.0 Å². The Kier molecular flexibility index (Phi) is 12.3. The number of aromatic nitrogens is 5. The normalized spacial score (nSPS) is 11.0. The number of benzene rings is 1. The average molecular weight is 789 g/mol. The smallest absolute Gasteiger partial charge is 0.275 e. The molecule has 0 aliphatic heterocycles. The number of hydrogen-bond donors (Lipinski definition) is 5. The van der Waals surface area contributed by atoms with Crippen LogP contribution in [0.1, 0.15) is 48.2 Å². The summed E-state index contributed by atoms with van der Waals surface area (Å²) in [7, 11) is 4.80. The van der Waals surface area contributed by atoms with E-state index in [1.807, 2.05) is 11.1 Å². The first-order valence-electron chi connectivity index (χ1n) is 14.7. The van der Waals surface area contributed by atoms with Crippen molar-refractivity contribution in [2.45, 2.75) is 6.42 Å². The molecule has 0 saturated carbocycles. The fraction of sp³-hybridized carbons (Fsp3) is 0.300. The predicted molar refractivity (Wildman–Crippen MR) is 189 cm³/mol. The van der Waals surface area contributed by atoms with Crippen LogP contribution in [-0.4, -0.2) is 88.9 Å². The molecule has 0 aliphatic rings. The topological polar surface area (TPSA) is 201 Å². The first kappa shape index (κ1) is 36.0. The standard InChI is InChI=1S/C30H36Br2N12O4/c1-40-18-20(44(43(13-10-31)14-11-32)30(48)19-7-5-4-6-8-19)15-21(40)28(46)36-26-17-23(42(3)39-26)29(47)37-25-16-22(41(2)38-25)27(45)35-12-9-24(33)34/h4-8,15-18H,9-14H2,1-3H3,(H3,33,34)(H,35,45)(H,36,39,46)(H,37,38,47). The Labute approximate surface area is 293 Å². The van der Waals surface area contributed by atoms with Crippen molar-refractivity contribution in [3.05, 3.63) is 77.4 Å².